The van der Waals surface area contributed by atoms with Gasteiger partial charge in [0.2, 0.25) is 0 Å². The summed E-state index contributed by atoms with van der Waals surface area (Å²) in [5, 5.41) is 13.9. The molecule has 0 bridgehead atoms. The van der Waals surface area contributed by atoms with Gasteiger partial charge in [-0.15, -0.1) is 0 Å². The molecule has 2 aromatic carbocycles. The second kappa shape index (κ2) is 8.76. The first-order chi connectivity index (χ1) is 13.4. The molecule has 1 saturated heterocycles. The molecule has 1 atom stereocenters. The lowest BCUT2D eigenvalue weighted by atomic mass is 9.91. The maximum absolute atomic E-state index is 13.0. The van der Waals surface area contributed by atoms with Gasteiger partial charge in [-0.1, -0.05) is 60.2 Å². The van der Waals surface area contributed by atoms with Gasteiger partial charge >= 0.3 is 6.03 Å². The molecule has 1 heterocycles. The van der Waals surface area contributed by atoms with Crippen molar-refractivity contribution in [1.29, 1.82) is 0 Å². The minimum Gasteiger partial charge on any atom is -0.388 e. The van der Waals surface area contributed by atoms with Crippen molar-refractivity contribution in [3.63, 3.8) is 0 Å². The van der Waals surface area contributed by atoms with Crippen LogP contribution in [0.3, 0.4) is 0 Å². The van der Waals surface area contributed by atoms with Gasteiger partial charge in [-0.05, 0) is 45.0 Å². The van der Waals surface area contributed by atoms with Crippen molar-refractivity contribution in [1.82, 2.24) is 15.1 Å². The van der Waals surface area contributed by atoms with Gasteiger partial charge in [0.05, 0.1) is 11.6 Å². The molecule has 0 aliphatic carbocycles. The molecule has 2 N–H and O–H groups in total. The maximum Gasteiger partial charge on any atom is 0.318 e. The summed E-state index contributed by atoms with van der Waals surface area (Å²) in [6.07, 6.45) is 1.19. The lowest BCUT2D eigenvalue weighted by Crippen LogP contribution is -2.53. The van der Waals surface area contributed by atoms with Gasteiger partial charge in [-0.3, -0.25) is 0 Å². The van der Waals surface area contributed by atoms with Crippen molar-refractivity contribution in [2.24, 2.45) is 0 Å². The van der Waals surface area contributed by atoms with Gasteiger partial charge in [-0.2, -0.15) is 0 Å². The molecule has 0 radical (unpaired) electrons. The number of carbonyl (C=O) groups is 1. The molecule has 0 aromatic heterocycles. The maximum atomic E-state index is 13.0. The van der Waals surface area contributed by atoms with Crippen LogP contribution >= 0.6 is 0 Å². The average molecular weight is 382 g/mol. The largest absolute Gasteiger partial charge is 0.388 e. The number of amides is 2. The van der Waals surface area contributed by atoms with E-state index >= 15 is 0 Å². The first kappa shape index (κ1) is 20.4. The summed E-state index contributed by atoms with van der Waals surface area (Å²) >= 11 is 0. The van der Waals surface area contributed by atoms with Crippen molar-refractivity contribution >= 4 is 6.03 Å². The fourth-order valence-electron chi connectivity index (χ4n) is 3.85. The molecule has 2 aromatic rings. The number of piperidine rings is 1. The summed E-state index contributed by atoms with van der Waals surface area (Å²) in [6.45, 7) is 3.80. The van der Waals surface area contributed by atoms with Crippen LogP contribution in [0.1, 0.15) is 35.6 Å². The van der Waals surface area contributed by atoms with Crippen molar-refractivity contribution in [3.05, 3.63) is 71.3 Å². The van der Waals surface area contributed by atoms with Crippen molar-refractivity contribution in [2.45, 2.75) is 31.4 Å². The molecule has 1 aliphatic heterocycles. The number of hydrogen-bond donors (Lipinski definition) is 2. The van der Waals surface area contributed by atoms with E-state index in [1.807, 2.05) is 54.2 Å². The first-order valence-electron chi connectivity index (χ1n) is 9.90. The normalized spacial score (nSPS) is 17.4. The SMILES string of the molecule is Cc1ccc(C(NC(=O)N2CCC(O)(CN(C)C)CC2)c2ccccc2)cc1. The Balaban J connectivity index is 1.71. The summed E-state index contributed by atoms with van der Waals surface area (Å²) in [4.78, 5) is 16.8. The van der Waals surface area contributed by atoms with E-state index < -0.39 is 5.60 Å². The van der Waals surface area contributed by atoms with Crippen LogP contribution in [0.25, 0.3) is 0 Å². The number of aryl methyl sites for hydroxylation is 1. The van der Waals surface area contributed by atoms with Gasteiger partial charge in [0.1, 0.15) is 0 Å². The molecule has 1 unspecified atom stereocenters. The van der Waals surface area contributed by atoms with Crippen LogP contribution in [0, 0.1) is 6.92 Å². The van der Waals surface area contributed by atoms with E-state index in [9.17, 15) is 9.90 Å². The standard InChI is InChI=1S/C23H31N3O2/c1-18-9-11-20(12-10-18)21(19-7-5-4-6-8-19)24-22(27)26-15-13-23(28,14-16-26)17-25(2)3/h4-12,21,28H,13-17H2,1-3H3,(H,24,27). The van der Waals surface area contributed by atoms with E-state index in [2.05, 4.69) is 36.5 Å². The Kier molecular flexibility index (Phi) is 6.37. The average Bonchev–Trinajstić information content (AvgIpc) is 2.67. The number of aliphatic hydroxyl groups is 1. The molecule has 0 spiro atoms. The molecule has 5 nitrogen and oxygen atoms in total. The van der Waals surface area contributed by atoms with Crippen molar-refractivity contribution in [2.75, 3.05) is 33.7 Å². The highest BCUT2D eigenvalue weighted by Crippen LogP contribution is 2.25. The Bertz CT molecular complexity index is 766. The molecule has 3 rings (SSSR count). The molecule has 2 amide bonds. The Morgan fingerprint density at radius 2 is 1.64 bits per heavy atom. The van der Waals surface area contributed by atoms with Crippen LogP contribution in [0.4, 0.5) is 4.79 Å². The van der Waals surface area contributed by atoms with Crippen LogP contribution in [-0.4, -0.2) is 60.3 Å². The van der Waals surface area contributed by atoms with Crippen LogP contribution in [-0.2, 0) is 0 Å². The lowest BCUT2D eigenvalue weighted by molar-refractivity contribution is -0.0294. The third kappa shape index (κ3) is 5.12. The summed E-state index contributed by atoms with van der Waals surface area (Å²) in [5.74, 6) is 0. The topological polar surface area (TPSA) is 55.8 Å². The quantitative estimate of drug-likeness (QED) is 0.836. The Labute approximate surface area is 168 Å². The Hall–Kier alpha value is -2.37. The van der Waals surface area contributed by atoms with E-state index in [0.29, 0.717) is 32.5 Å². The van der Waals surface area contributed by atoms with E-state index in [4.69, 9.17) is 0 Å². The third-order valence-corrected chi connectivity index (χ3v) is 5.40. The first-order valence-corrected chi connectivity index (χ1v) is 9.90. The summed E-state index contributed by atoms with van der Waals surface area (Å²) < 4.78 is 0. The van der Waals surface area contributed by atoms with E-state index in [-0.39, 0.29) is 12.1 Å². The molecule has 1 fully saturated rings. The predicted molar refractivity (Wildman–Crippen MR) is 112 cm³/mol. The number of likely N-dealkylation sites (tertiary alicyclic amines) is 1. The van der Waals surface area contributed by atoms with Crippen LogP contribution < -0.4 is 5.32 Å². The Morgan fingerprint density at radius 1 is 1.07 bits per heavy atom. The van der Waals surface area contributed by atoms with E-state index in [1.54, 1.807) is 0 Å². The van der Waals surface area contributed by atoms with Gasteiger partial charge < -0.3 is 20.2 Å². The number of urea groups is 1. The number of rotatable bonds is 5. The number of benzene rings is 2. The molecule has 5 heteroatoms. The van der Waals surface area contributed by atoms with E-state index in [0.717, 1.165) is 11.1 Å². The highest BCUT2D eigenvalue weighted by atomic mass is 16.3. The van der Waals surface area contributed by atoms with E-state index in [1.165, 1.54) is 5.56 Å². The molecule has 150 valence electrons. The highest BCUT2D eigenvalue weighted by molar-refractivity contribution is 5.75. The second-order valence-corrected chi connectivity index (χ2v) is 8.15. The number of carbonyl (C=O) groups excluding carboxylic acids is 1. The number of likely N-dealkylation sites (N-methyl/N-ethyl adjacent to an activating group) is 1. The zero-order valence-electron chi connectivity index (χ0n) is 17.1. The number of hydrogen-bond acceptors (Lipinski definition) is 3. The third-order valence-electron chi connectivity index (χ3n) is 5.40. The molecule has 28 heavy (non-hydrogen) atoms. The summed E-state index contributed by atoms with van der Waals surface area (Å²) in [5.41, 5.74) is 2.60. The van der Waals surface area contributed by atoms with Crippen molar-refractivity contribution in [3.8, 4) is 0 Å². The van der Waals surface area contributed by atoms with Gasteiger partial charge in [0.25, 0.3) is 0 Å². The lowest BCUT2D eigenvalue weighted by Gasteiger charge is -2.40. The summed E-state index contributed by atoms with van der Waals surface area (Å²) in [7, 11) is 3.92. The zero-order chi connectivity index (χ0) is 20.1. The van der Waals surface area contributed by atoms with Crippen LogP contribution in [0.5, 0.6) is 0 Å². The fourth-order valence-corrected chi connectivity index (χ4v) is 3.85. The predicted octanol–water partition coefficient (Wildman–Crippen LogP) is 3.18. The fraction of sp³-hybridized carbons (Fsp3) is 0.435. The molecular formula is C23H31N3O2. The summed E-state index contributed by atoms with van der Waals surface area (Å²) in [6, 6.07) is 18.0. The smallest absolute Gasteiger partial charge is 0.318 e. The molecular weight excluding hydrogens is 350 g/mol. The molecule has 1 aliphatic rings. The van der Waals surface area contributed by atoms with Gasteiger partial charge in [0.15, 0.2) is 0 Å². The zero-order valence-corrected chi connectivity index (χ0v) is 17.1. The Morgan fingerprint density at radius 3 is 2.21 bits per heavy atom. The van der Waals surface area contributed by atoms with Crippen LogP contribution in [0.2, 0.25) is 0 Å². The monoisotopic (exact) mass is 381 g/mol. The van der Waals surface area contributed by atoms with Gasteiger partial charge in [0, 0.05) is 19.6 Å². The second-order valence-electron chi connectivity index (χ2n) is 8.15. The minimum absolute atomic E-state index is 0.0821. The van der Waals surface area contributed by atoms with Crippen LogP contribution in [0.15, 0.2) is 54.6 Å². The highest BCUT2D eigenvalue weighted by Gasteiger charge is 2.34. The minimum atomic E-state index is -0.712. The molecule has 0 saturated carbocycles. The van der Waals surface area contributed by atoms with Crippen molar-refractivity contribution < 1.29 is 9.90 Å². The van der Waals surface area contributed by atoms with Gasteiger partial charge in [-0.25, -0.2) is 4.79 Å². The number of nitrogens with one attached hydrogen (secondary N) is 1. The number of nitrogens with zero attached hydrogens (tertiary/aromatic N) is 2.